The fraction of sp³-hybridized carbons (Fsp3) is 0.714. The Balaban J connectivity index is 2.27. The second-order valence-electron chi connectivity index (χ2n) is 5.80. The van der Waals surface area contributed by atoms with Crippen molar-refractivity contribution in [2.24, 2.45) is 5.92 Å². The number of hydrogen-bond donors (Lipinski definition) is 0. The van der Waals surface area contributed by atoms with Crippen LogP contribution in [0.2, 0.25) is 0 Å². The van der Waals surface area contributed by atoms with Crippen LogP contribution in [-0.4, -0.2) is 25.3 Å². The third-order valence-corrected chi connectivity index (χ3v) is 7.23. The van der Waals surface area contributed by atoms with Crippen LogP contribution >= 0.6 is 22.9 Å². The van der Waals surface area contributed by atoms with Gasteiger partial charge in [-0.3, -0.25) is 0 Å². The summed E-state index contributed by atoms with van der Waals surface area (Å²) in [4.78, 5) is 2.21. The first-order valence-electron chi connectivity index (χ1n) is 7.03. The fourth-order valence-electron chi connectivity index (χ4n) is 2.22. The van der Waals surface area contributed by atoms with Crippen molar-refractivity contribution >= 4 is 33.0 Å². The lowest BCUT2D eigenvalue weighted by atomic mass is 10.1. The summed E-state index contributed by atoms with van der Waals surface area (Å²) < 4.78 is 27.4. The quantitative estimate of drug-likeness (QED) is 0.706. The molecule has 0 spiro atoms. The maximum Gasteiger partial charge on any atom is 0.244 e. The first-order chi connectivity index (χ1) is 9.36. The number of thiophene rings is 1. The Hall–Kier alpha value is -0.100. The van der Waals surface area contributed by atoms with Gasteiger partial charge in [0.25, 0.3) is 0 Å². The van der Waals surface area contributed by atoms with Crippen LogP contribution in [0.3, 0.4) is 0 Å². The Labute approximate surface area is 131 Å². The van der Waals surface area contributed by atoms with Crippen LogP contribution in [0.5, 0.6) is 0 Å². The Morgan fingerprint density at radius 2 is 2.10 bits per heavy atom. The molecule has 1 aliphatic rings. The van der Waals surface area contributed by atoms with Crippen molar-refractivity contribution in [1.29, 1.82) is 0 Å². The largest absolute Gasteiger partial charge is 0.244 e. The molecule has 6 heteroatoms. The number of hydrogen-bond acceptors (Lipinski definition) is 3. The summed E-state index contributed by atoms with van der Waals surface area (Å²) in [6, 6.07) is 1.95. The van der Waals surface area contributed by atoms with Gasteiger partial charge in [0.2, 0.25) is 10.0 Å². The third-order valence-electron chi connectivity index (χ3n) is 3.52. The van der Waals surface area contributed by atoms with E-state index in [4.69, 9.17) is 11.6 Å². The van der Waals surface area contributed by atoms with Crippen LogP contribution < -0.4 is 0 Å². The van der Waals surface area contributed by atoms with Crippen LogP contribution in [0.4, 0.5) is 0 Å². The van der Waals surface area contributed by atoms with Gasteiger partial charge in [-0.15, -0.1) is 22.9 Å². The van der Waals surface area contributed by atoms with Crippen molar-refractivity contribution in [2.75, 3.05) is 6.54 Å². The van der Waals surface area contributed by atoms with E-state index in [9.17, 15) is 8.42 Å². The van der Waals surface area contributed by atoms with Gasteiger partial charge in [-0.1, -0.05) is 13.8 Å². The molecule has 1 fully saturated rings. The summed E-state index contributed by atoms with van der Waals surface area (Å²) in [5, 5.41) is 0. The van der Waals surface area contributed by atoms with E-state index in [1.54, 1.807) is 10.4 Å². The van der Waals surface area contributed by atoms with Gasteiger partial charge in [0.1, 0.15) is 0 Å². The molecule has 0 atom stereocenters. The Morgan fingerprint density at radius 1 is 1.45 bits per heavy atom. The van der Waals surface area contributed by atoms with Crippen LogP contribution in [0.25, 0.3) is 0 Å². The normalized spacial score (nSPS) is 16.3. The fourth-order valence-corrected chi connectivity index (χ4v) is 5.62. The summed E-state index contributed by atoms with van der Waals surface area (Å²) in [5.74, 6) is 0.879. The van der Waals surface area contributed by atoms with E-state index in [0.717, 1.165) is 29.0 Å². The van der Waals surface area contributed by atoms with E-state index < -0.39 is 10.0 Å². The van der Waals surface area contributed by atoms with Gasteiger partial charge in [-0.2, -0.15) is 4.31 Å². The van der Waals surface area contributed by atoms with Gasteiger partial charge in [-0.05, 0) is 38.2 Å². The van der Waals surface area contributed by atoms with E-state index in [1.807, 2.05) is 6.92 Å². The molecule has 0 unspecified atom stereocenters. The second-order valence-corrected chi connectivity index (χ2v) is 9.26. The molecule has 1 heterocycles. The van der Waals surface area contributed by atoms with E-state index >= 15 is 0 Å². The summed E-state index contributed by atoms with van der Waals surface area (Å²) in [7, 11) is -3.37. The monoisotopic (exact) mass is 335 g/mol. The average Bonchev–Trinajstić information content (AvgIpc) is 3.10. The summed E-state index contributed by atoms with van der Waals surface area (Å²) >= 11 is 7.30. The van der Waals surface area contributed by atoms with Gasteiger partial charge < -0.3 is 0 Å². The predicted molar refractivity (Wildman–Crippen MR) is 85.0 cm³/mol. The summed E-state index contributed by atoms with van der Waals surface area (Å²) in [5.41, 5.74) is 0. The molecule has 0 bridgehead atoms. The van der Waals surface area contributed by atoms with Crippen LogP contribution in [0.15, 0.2) is 11.0 Å². The van der Waals surface area contributed by atoms with Crippen molar-refractivity contribution < 1.29 is 8.42 Å². The van der Waals surface area contributed by atoms with E-state index in [2.05, 4.69) is 13.8 Å². The smallest absolute Gasteiger partial charge is 0.207 e. The first-order valence-corrected chi connectivity index (χ1v) is 9.82. The zero-order valence-corrected chi connectivity index (χ0v) is 14.6. The number of nitrogens with zero attached hydrogens (tertiary/aromatic N) is 1. The highest BCUT2D eigenvalue weighted by molar-refractivity contribution is 7.89. The molecule has 0 aliphatic heterocycles. The molecule has 1 aromatic rings. The molecule has 0 radical (unpaired) electrons. The molecule has 0 amide bonds. The van der Waals surface area contributed by atoms with E-state index in [-0.39, 0.29) is 6.04 Å². The highest BCUT2D eigenvalue weighted by Gasteiger charge is 2.38. The number of sulfonamides is 1. The summed E-state index contributed by atoms with van der Waals surface area (Å²) in [6.45, 7) is 6.73. The van der Waals surface area contributed by atoms with Gasteiger partial charge in [0.15, 0.2) is 0 Å². The van der Waals surface area contributed by atoms with Gasteiger partial charge in [0.05, 0.1) is 10.8 Å². The summed E-state index contributed by atoms with van der Waals surface area (Å²) in [6.07, 6.45) is 2.88. The standard InChI is InChI=1S/C14H22ClNO2S2/c1-10(2)6-7-16(12-4-5-12)20(17,18)14-8-13(9-15)19-11(14)3/h8,10,12H,4-7,9H2,1-3H3. The molecule has 0 N–H and O–H groups in total. The molecule has 1 aliphatic carbocycles. The Bertz CT molecular complexity index is 562. The molecule has 1 aromatic heterocycles. The maximum absolute atomic E-state index is 12.9. The van der Waals surface area contributed by atoms with Crippen molar-refractivity contribution in [3.05, 3.63) is 15.8 Å². The number of rotatable bonds is 7. The Kier molecular flexibility index (Phi) is 5.16. The van der Waals surface area contributed by atoms with Crippen LogP contribution in [0.1, 0.15) is 42.9 Å². The van der Waals surface area contributed by atoms with Crippen LogP contribution in [0, 0.1) is 12.8 Å². The molecule has 114 valence electrons. The molecular formula is C14H22ClNO2S2. The lowest BCUT2D eigenvalue weighted by molar-refractivity contribution is 0.373. The molecular weight excluding hydrogens is 314 g/mol. The van der Waals surface area contributed by atoms with Crippen molar-refractivity contribution in [3.63, 3.8) is 0 Å². The van der Waals surface area contributed by atoms with Crippen molar-refractivity contribution in [1.82, 2.24) is 4.31 Å². The lowest BCUT2D eigenvalue weighted by Crippen LogP contribution is -2.34. The van der Waals surface area contributed by atoms with Gasteiger partial charge in [0, 0.05) is 22.3 Å². The number of halogens is 1. The molecule has 3 nitrogen and oxygen atoms in total. The number of aryl methyl sites for hydroxylation is 1. The minimum Gasteiger partial charge on any atom is -0.207 e. The molecule has 20 heavy (non-hydrogen) atoms. The highest BCUT2D eigenvalue weighted by Crippen LogP contribution is 2.36. The van der Waals surface area contributed by atoms with E-state index in [1.165, 1.54) is 11.3 Å². The highest BCUT2D eigenvalue weighted by atomic mass is 35.5. The second kappa shape index (κ2) is 6.34. The minimum absolute atomic E-state index is 0.206. The molecule has 0 saturated heterocycles. The lowest BCUT2D eigenvalue weighted by Gasteiger charge is -2.22. The zero-order chi connectivity index (χ0) is 14.9. The predicted octanol–water partition coefficient (Wildman–Crippen LogP) is 3.99. The average molecular weight is 336 g/mol. The van der Waals surface area contributed by atoms with E-state index in [0.29, 0.717) is 23.2 Å². The molecule has 0 aromatic carbocycles. The number of alkyl halides is 1. The topological polar surface area (TPSA) is 37.4 Å². The Morgan fingerprint density at radius 3 is 2.55 bits per heavy atom. The van der Waals surface area contributed by atoms with Crippen molar-refractivity contribution in [3.8, 4) is 0 Å². The first kappa shape index (κ1) is 16.3. The van der Waals surface area contributed by atoms with Gasteiger partial charge in [-0.25, -0.2) is 8.42 Å². The maximum atomic E-state index is 12.9. The van der Waals surface area contributed by atoms with Gasteiger partial charge >= 0.3 is 0 Å². The van der Waals surface area contributed by atoms with Crippen LogP contribution in [-0.2, 0) is 15.9 Å². The third kappa shape index (κ3) is 3.56. The zero-order valence-electron chi connectivity index (χ0n) is 12.2. The molecule has 2 rings (SSSR count). The SMILES string of the molecule is Cc1sc(CCl)cc1S(=O)(=O)N(CCC(C)C)C1CC1. The molecule has 1 saturated carbocycles. The minimum atomic E-state index is -3.37. The van der Waals surface area contributed by atoms with Crippen molar-refractivity contribution in [2.45, 2.75) is 56.9 Å².